The average molecular weight is 554 g/mol. The molecule has 2 amide bonds. The molecule has 1 N–H and O–H groups in total. The molecule has 4 aromatic rings. The molecule has 1 atom stereocenters. The molecule has 0 radical (unpaired) electrons. The standard InChI is InChI=1S/C34H39N3O4/c1-34(2,3)41-33(39)37(23-27-21-26-13-7-8-14-29(26)31-16-10-9-15-30(27)31)19-20-40-32(38)35-28-17-18-36(24-28)22-25-11-5-4-6-12-25/h4-16,21,28H,17-20,22-24H2,1-3H3,(H,35,38). The van der Waals surface area contributed by atoms with Gasteiger partial charge in [-0.1, -0.05) is 78.9 Å². The van der Waals surface area contributed by atoms with Crippen LogP contribution < -0.4 is 5.32 Å². The summed E-state index contributed by atoms with van der Waals surface area (Å²) in [6.45, 7) is 8.73. The largest absolute Gasteiger partial charge is 0.448 e. The van der Waals surface area contributed by atoms with Gasteiger partial charge in [0.2, 0.25) is 0 Å². The molecule has 1 saturated heterocycles. The Morgan fingerprint density at radius 3 is 2.37 bits per heavy atom. The van der Waals surface area contributed by atoms with E-state index in [4.69, 9.17) is 9.47 Å². The number of rotatable bonds is 8. The fraction of sp³-hybridized carbons (Fsp3) is 0.353. The second-order valence-corrected chi connectivity index (χ2v) is 11.7. The first kappa shape index (κ1) is 28.4. The number of hydrogen-bond acceptors (Lipinski definition) is 5. The van der Waals surface area contributed by atoms with E-state index < -0.39 is 17.8 Å². The molecule has 7 heteroatoms. The summed E-state index contributed by atoms with van der Waals surface area (Å²) in [6, 6.07) is 29.0. The van der Waals surface area contributed by atoms with Gasteiger partial charge in [0, 0.05) is 32.2 Å². The maximum Gasteiger partial charge on any atom is 0.410 e. The maximum absolute atomic E-state index is 13.2. The number of likely N-dealkylation sites (tertiary alicyclic amines) is 1. The molecule has 1 aliphatic heterocycles. The zero-order chi connectivity index (χ0) is 28.8. The van der Waals surface area contributed by atoms with Gasteiger partial charge in [0.05, 0.1) is 6.54 Å². The van der Waals surface area contributed by atoms with Crippen LogP contribution in [0, 0.1) is 0 Å². The first-order chi connectivity index (χ1) is 19.7. The van der Waals surface area contributed by atoms with Gasteiger partial charge in [-0.3, -0.25) is 4.90 Å². The third kappa shape index (κ3) is 7.55. The summed E-state index contributed by atoms with van der Waals surface area (Å²) in [6.07, 6.45) is -0.0240. The van der Waals surface area contributed by atoms with Crippen LogP contribution in [0.4, 0.5) is 9.59 Å². The van der Waals surface area contributed by atoms with Gasteiger partial charge in [-0.15, -0.1) is 0 Å². The third-order valence-electron chi connectivity index (χ3n) is 7.30. The molecule has 4 aromatic carbocycles. The van der Waals surface area contributed by atoms with Crippen LogP contribution >= 0.6 is 0 Å². The van der Waals surface area contributed by atoms with Crippen molar-refractivity contribution in [1.82, 2.24) is 15.1 Å². The molecule has 1 aliphatic rings. The van der Waals surface area contributed by atoms with E-state index >= 15 is 0 Å². The van der Waals surface area contributed by atoms with Crippen molar-refractivity contribution in [1.29, 1.82) is 0 Å². The van der Waals surface area contributed by atoms with Crippen molar-refractivity contribution in [2.45, 2.75) is 51.9 Å². The number of carbonyl (C=O) groups excluding carboxylic acids is 2. The second-order valence-electron chi connectivity index (χ2n) is 11.7. The van der Waals surface area contributed by atoms with Gasteiger partial charge in [0.25, 0.3) is 0 Å². The Hall–Kier alpha value is -4.10. The van der Waals surface area contributed by atoms with Crippen LogP contribution in [0.2, 0.25) is 0 Å². The van der Waals surface area contributed by atoms with Gasteiger partial charge >= 0.3 is 12.2 Å². The molecular weight excluding hydrogens is 514 g/mol. The van der Waals surface area contributed by atoms with Gasteiger partial charge in [-0.2, -0.15) is 0 Å². The number of ether oxygens (including phenoxy) is 2. The third-order valence-corrected chi connectivity index (χ3v) is 7.30. The van der Waals surface area contributed by atoms with E-state index in [1.165, 1.54) is 10.9 Å². The Morgan fingerprint density at radius 1 is 0.927 bits per heavy atom. The Balaban J connectivity index is 1.22. The second kappa shape index (κ2) is 12.6. The molecule has 0 saturated carbocycles. The van der Waals surface area contributed by atoms with Crippen molar-refractivity contribution in [3.63, 3.8) is 0 Å². The average Bonchev–Trinajstić information content (AvgIpc) is 3.38. The monoisotopic (exact) mass is 553 g/mol. The van der Waals surface area contributed by atoms with E-state index in [-0.39, 0.29) is 19.2 Å². The number of nitrogens with zero attached hydrogens (tertiary/aromatic N) is 2. The lowest BCUT2D eigenvalue weighted by Crippen LogP contribution is -2.40. The van der Waals surface area contributed by atoms with Crippen LogP contribution in [0.25, 0.3) is 21.5 Å². The number of carbonyl (C=O) groups is 2. The topological polar surface area (TPSA) is 71.1 Å². The number of benzene rings is 4. The predicted octanol–water partition coefficient (Wildman–Crippen LogP) is 6.73. The molecule has 1 heterocycles. The first-order valence-electron chi connectivity index (χ1n) is 14.3. The van der Waals surface area contributed by atoms with Crippen molar-refractivity contribution in [3.05, 3.63) is 96.1 Å². The molecule has 0 bridgehead atoms. The van der Waals surface area contributed by atoms with Gasteiger partial charge in [-0.25, -0.2) is 9.59 Å². The van der Waals surface area contributed by atoms with Crippen molar-refractivity contribution in [2.24, 2.45) is 0 Å². The number of alkyl carbamates (subject to hydrolysis) is 1. The molecular formula is C34H39N3O4. The number of fused-ring (bicyclic) bond motifs is 3. The zero-order valence-corrected chi connectivity index (χ0v) is 24.1. The van der Waals surface area contributed by atoms with Crippen LogP contribution in [0.5, 0.6) is 0 Å². The summed E-state index contributed by atoms with van der Waals surface area (Å²) in [5.74, 6) is 0. The molecule has 1 fully saturated rings. The van der Waals surface area contributed by atoms with Gasteiger partial charge in [-0.05, 0) is 65.9 Å². The van der Waals surface area contributed by atoms with Crippen LogP contribution in [-0.2, 0) is 22.6 Å². The highest BCUT2D eigenvalue weighted by Crippen LogP contribution is 2.30. The minimum atomic E-state index is -0.646. The van der Waals surface area contributed by atoms with Gasteiger partial charge < -0.3 is 19.7 Å². The van der Waals surface area contributed by atoms with Crippen LogP contribution in [0.3, 0.4) is 0 Å². The van der Waals surface area contributed by atoms with Crippen LogP contribution in [0.1, 0.15) is 38.3 Å². The molecule has 5 rings (SSSR count). The van der Waals surface area contributed by atoms with E-state index in [1.807, 2.05) is 63.2 Å². The minimum Gasteiger partial charge on any atom is -0.448 e. The summed E-state index contributed by atoms with van der Waals surface area (Å²) >= 11 is 0. The van der Waals surface area contributed by atoms with Crippen molar-refractivity contribution in [2.75, 3.05) is 26.2 Å². The summed E-state index contributed by atoms with van der Waals surface area (Å²) in [4.78, 5) is 29.8. The summed E-state index contributed by atoms with van der Waals surface area (Å²) < 4.78 is 11.3. The lowest BCUT2D eigenvalue weighted by atomic mass is 9.97. The SMILES string of the molecule is CC(C)(C)OC(=O)N(CCOC(=O)NC1CCN(Cc2ccccc2)C1)Cc1cc2ccccc2c2ccccc12. The minimum absolute atomic E-state index is 0.0390. The fourth-order valence-corrected chi connectivity index (χ4v) is 5.42. The smallest absolute Gasteiger partial charge is 0.410 e. The van der Waals surface area contributed by atoms with Gasteiger partial charge in [0.1, 0.15) is 12.2 Å². The van der Waals surface area contributed by atoms with E-state index in [2.05, 4.69) is 52.7 Å². The number of hydrogen-bond donors (Lipinski definition) is 1. The summed E-state index contributed by atoms with van der Waals surface area (Å²) in [5.41, 5.74) is 1.63. The van der Waals surface area contributed by atoms with E-state index in [9.17, 15) is 9.59 Å². The molecule has 0 spiro atoms. The molecule has 41 heavy (non-hydrogen) atoms. The molecule has 0 aromatic heterocycles. The number of amides is 2. The van der Waals surface area contributed by atoms with E-state index in [0.29, 0.717) is 6.54 Å². The first-order valence-corrected chi connectivity index (χ1v) is 14.3. The van der Waals surface area contributed by atoms with Crippen LogP contribution in [-0.4, -0.2) is 59.9 Å². The maximum atomic E-state index is 13.2. The highest BCUT2D eigenvalue weighted by Gasteiger charge is 2.26. The summed E-state index contributed by atoms with van der Waals surface area (Å²) in [7, 11) is 0. The molecule has 1 unspecified atom stereocenters. The Bertz CT molecular complexity index is 1500. The molecule has 214 valence electrons. The van der Waals surface area contributed by atoms with Crippen molar-refractivity contribution in [3.8, 4) is 0 Å². The Labute approximate surface area is 242 Å². The highest BCUT2D eigenvalue weighted by atomic mass is 16.6. The van der Waals surface area contributed by atoms with E-state index in [0.717, 1.165) is 47.8 Å². The van der Waals surface area contributed by atoms with Gasteiger partial charge in [0.15, 0.2) is 0 Å². The van der Waals surface area contributed by atoms with Crippen molar-refractivity contribution < 1.29 is 19.1 Å². The fourth-order valence-electron chi connectivity index (χ4n) is 5.42. The highest BCUT2D eigenvalue weighted by molar-refractivity contribution is 6.09. The molecule has 0 aliphatic carbocycles. The lowest BCUT2D eigenvalue weighted by Gasteiger charge is -2.28. The zero-order valence-electron chi connectivity index (χ0n) is 24.1. The molecule has 7 nitrogen and oxygen atoms in total. The quantitative estimate of drug-likeness (QED) is 0.245. The van der Waals surface area contributed by atoms with E-state index in [1.54, 1.807) is 4.90 Å². The lowest BCUT2D eigenvalue weighted by molar-refractivity contribution is 0.0190. The summed E-state index contributed by atoms with van der Waals surface area (Å²) in [5, 5.41) is 7.49. The number of nitrogens with one attached hydrogen (secondary N) is 1. The Morgan fingerprint density at radius 2 is 1.61 bits per heavy atom. The predicted molar refractivity (Wildman–Crippen MR) is 163 cm³/mol. The van der Waals surface area contributed by atoms with Crippen LogP contribution in [0.15, 0.2) is 84.9 Å². The normalized spacial score (nSPS) is 15.6. The van der Waals surface area contributed by atoms with Crippen molar-refractivity contribution >= 4 is 33.7 Å². The Kier molecular flexibility index (Phi) is 8.74.